The Labute approximate surface area is 218 Å². The summed E-state index contributed by atoms with van der Waals surface area (Å²) in [5.41, 5.74) is 2.45. The Morgan fingerprint density at radius 1 is 1.09 bits per heavy atom. The summed E-state index contributed by atoms with van der Waals surface area (Å²) < 4.78 is 66.8. The molecule has 0 saturated heterocycles. The molecule has 0 aromatic heterocycles. The van der Waals surface area contributed by atoms with Crippen LogP contribution in [0.1, 0.15) is 33.7 Å². The van der Waals surface area contributed by atoms with E-state index in [-0.39, 0.29) is 42.3 Å². The fourth-order valence-corrected chi connectivity index (χ4v) is 5.17. The van der Waals surface area contributed by atoms with E-state index < -0.39 is 31.4 Å². The van der Waals surface area contributed by atoms with Crippen LogP contribution in [0.2, 0.25) is 0 Å². The van der Waals surface area contributed by atoms with Crippen LogP contribution in [0.25, 0.3) is 0 Å². The van der Waals surface area contributed by atoms with Gasteiger partial charge in [0, 0.05) is 29.6 Å². The minimum Gasteiger partial charge on any atom is -1.00 e. The van der Waals surface area contributed by atoms with Gasteiger partial charge in [-0.05, 0) is 51.0 Å². The van der Waals surface area contributed by atoms with Crippen molar-refractivity contribution in [3.05, 3.63) is 66.4 Å². The van der Waals surface area contributed by atoms with Gasteiger partial charge >= 0.3 is 29.6 Å². The molecule has 8 nitrogen and oxygen atoms in total. The summed E-state index contributed by atoms with van der Waals surface area (Å²) in [4.78, 5) is -0.221. The van der Waals surface area contributed by atoms with Crippen molar-refractivity contribution in [1.29, 1.82) is 0 Å². The molecule has 0 bridgehead atoms. The molecular formula is C22H28N2NaO6S2+. The Balaban J connectivity index is 0.00000289. The number of fused-ring (bicyclic) bond motifs is 1. The number of benzene rings is 2. The molecule has 0 fully saturated rings. The van der Waals surface area contributed by atoms with Gasteiger partial charge < -0.3 is 6.74 Å². The van der Waals surface area contributed by atoms with E-state index in [1.54, 1.807) is 12.3 Å². The molecule has 1 unspecified atom stereocenters. The molecule has 1 aliphatic rings. The quantitative estimate of drug-likeness (QED) is 0.262. The molecule has 2 aromatic rings. The van der Waals surface area contributed by atoms with Crippen molar-refractivity contribution in [3.63, 3.8) is 0 Å². The third-order valence-electron chi connectivity index (χ3n) is 5.67. The van der Waals surface area contributed by atoms with Crippen molar-refractivity contribution in [3.8, 4) is 0 Å². The second-order valence-corrected chi connectivity index (χ2v) is 10.8. The average molecular weight is 504 g/mol. The number of nitrogens with one attached hydrogen (secondary N) is 1. The molecule has 3 rings (SSSR count). The molecule has 0 radical (unpaired) electrons. The zero-order valence-corrected chi connectivity index (χ0v) is 22.5. The van der Waals surface area contributed by atoms with Gasteiger partial charge in [-0.25, -0.2) is 0 Å². The number of hydrogen-bond donors (Lipinski definition) is 3. The summed E-state index contributed by atoms with van der Waals surface area (Å²) in [7, 11) is -8.54. The van der Waals surface area contributed by atoms with Crippen molar-refractivity contribution < 1.29 is 61.5 Å². The molecule has 33 heavy (non-hydrogen) atoms. The standard InChI is InChI=1S/C22H26N2O6S2.Na.H/c1-3-24-20-11-10-18(32(28,29)30)16-19(20)22(2,13-7-15-31(25,26)27)21(24)12-14-23-17-8-5-4-6-9-17;;/h4-6,8-12,14,16H,3,7,13,15H2,1-2H3,(H2,25,26,27,28,29,30);;/q;+1;-1/p+1. The van der Waals surface area contributed by atoms with Crippen LogP contribution in [0.15, 0.2) is 65.7 Å². The predicted molar refractivity (Wildman–Crippen MR) is 125 cm³/mol. The van der Waals surface area contributed by atoms with E-state index in [0.717, 1.165) is 17.1 Å². The average Bonchev–Trinajstić information content (AvgIpc) is 2.95. The zero-order chi connectivity index (χ0) is 23.6. The summed E-state index contributed by atoms with van der Waals surface area (Å²) in [6.07, 6.45) is 4.18. The van der Waals surface area contributed by atoms with E-state index in [1.165, 1.54) is 12.1 Å². The Bertz CT molecular complexity index is 1280. The van der Waals surface area contributed by atoms with Crippen LogP contribution in [0.3, 0.4) is 0 Å². The molecule has 1 heterocycles. The van der Waals surface area contributed by atoms with E-state index in [0.29, 0.717) is 18.5 Å². The molecule has 2 aromatic carbocycles. The van der Waals surface area contributed by atoms with E-state index in [4.69, 9.17) is 0 Å². The van der Waals surface area contributed by atoms with Crippen LogP contribution in [0.4, 0.5) is 11.4 Å². The number of rotatable bonds is 9. The van der Waals surface area contributed by atoms with Crippen molar-refractivity contribution in [2.75, 3.05) is 17.6 Å². The van der Waals surface area contributed by atoms with Gasteiger partial charge in [0.05, 0.1) is 16.1 Å². The first-order chi connectivity index (χ1) is 15.0. The molecule has 1 aliphatic heterocycles. The van der Waals surface area contributed by atoms with Crippen LogP contribution in [0.5, 0.6) is 0 Å². The van der Waals surface area contributed by atoms with Crippen LogP contribution in [0, 0.1) is 0 Å². The van der Waals surface area contributed by atoms with Gasteiger partial charge in [-0.1, -0.05) is 18.2 Å². The Morgan fingerprint density at radius 3 is 2.33 bits per heavy atom. The maximum Gasteiger partial charge on any atom is 1.00 e. The van der Waals surface area contributed by atoms with Gasteiger partial charge in [-0.15, -0.1) is 0 Å². The third kappa shape index (κ3) is 6.54. The molecule has 0 amide bonds. The fraction of sp³-hybridized carbons (Fsp3) is 0.318. The van der Waals surface area contributed by atoms with E-state index in [2.05, 4.69) is 5.32 Å². The maximum atomic E-state index is 11.7. The Morgan fingerprint density at radius 2 is 1.76 bits per heavy atom. The number of anilines is 1. The molecule has 0 aliphatic carbocycles. The van der Waals surface area contributed by atoms with E-state index >= 15 is 0 Å². The van der Waals surface area contributed by atoms with Crippen molar-refractivity contribution in [2.24, 2.45) is 0 Å². The van der Waals surface area contributed by atoms with Crippen LogP contribution in [-0.2, 0) is 25.7 Å². The zero-order valence-electron chi connectivity index (χ0n) is 19.9. The van der Waals surface area contributed by atoms with Crippen LogP contribution in [-0.4, -0.2) is 48.5 Å². The summed E-state index contributed by atoms with van der Waals surface area (Å²) in [6, 6.07) is 14.0. The van der Waals surface area contributed by atoms with Gasteiger partial charge in [0.1, 0.15) is 6.54 Å². The van der Waals surface area contributed by atoms with Crippen molar-refractivity contribution in [1.82, 2.24) is 0 Å². The molecule has 0 saturated carbocycles. The summed E-state index contributed by atoms with van der Waals surface area (Å²) in [6.45, 7) is 4.46. The Hall–Kier alpha value is -1.53. The molecular weight excluding hydrogens is 475 g/mol. The van der Waals surface area contributed by atoms with Gasteiger partial charge in [0.15, 0.2) is 5.71 Å². The minimum atomic E-state index is -4.41. The molecule has 1 atom stereocenters. The molecule has 0 spiro atoms. The van der Waals surface area contributed by atoms with Crippen LogP contribution < -0.4 is 34.9 Å². The summed E-state index contributed by atoms with van der Waals surface area (Å²) in [5, 5.41) is 3.20. The predicted octanol–water partition coefficient (Wildman–Crippen LogP) is 0.720. The van der Waals surface area contributed by atoms with Gasteiger partial charge in [0.2, 0.25) is 5.69 Å². The van der Waals surface area contributed by atoms with Gasteiger partial charge in [-0.2, -0.15) is 21.4 Å². The SMILES string of the molecule is CC[N+]1=C(/C=C/Nc2ccccc2)C(C)(CCCS(=O)(=O)O)c2cc(S(=O)(=O)O)ccc21.[H-].[Na+]. The first kappa shape index (κ1) is 27.7. The number of nitrogens with zero attached hydrogens (tertiary/aromatic N) is 1. The second-order valence-electron chi connectivity index (χ2n) is 7.85. The largest absolute Gasteiger partial charge is 1.00 e. The number of hydrogen-bond acceptors (Lipinski definition) is 5. The minimum absolute atomic E-state index is 0. The summed E-state index contributed by atoms with van der Waals surface area (Å²) in [5.74, 6) is -0.401. The van der Waals surface area contributed by atoms with Crippen LogP contribution >= 0.6 is 0 Å². The first-order valence-electron chi connectivity index (χ1n) is 10.2. The number of para-hydroxylation sites is 1. The normalized spacial score (nSPS) is 18.3. The van der Waals surface area contributed by atoms with E-state index in [9.17, 15) is 25.9 Å². The second kappa shape index (κ2) is 10.8. The molecule has 3 N–H and O–H groups in total. The van der Waals surface area contributed by atoms with Gasteiger partial charge in [0.25, 0.3) is 20.2 Å². The van der Waals surface area contributed by atoms with Crippen molar-refractivity contribution in [2.45, 2.75) is 37.0 Å². The third-order valence-corrected chi connectivity index (χ3v) is 7.32. The maximum absolute atomic E-state index is 11.7. The Kier molecular flexibility index (Phi) is 9.08. The summed E-state index contributed by atoms with van der Waals surface area (Å²) >= 11 is 0. The van der Waals surface area contributed by atoms with Crippen molar-refractivity contribution >= 4 is 37.3 Å². The first-order valence-corrected chi connectivity index (χ1v) is 13.2. The van der Waals surface area contributed by atoms with E-state index in [1.807, 2.05) is 54.8 Å². The topological polar surface area (TPSA) is 124 Å². The molecule has 11 heteroatoms. The smallest absolute Gasteiger partial charge is 1.00 e. The fourth-order valence-electron chi connectivity index (χ4n) is 4.16. The van der Waals surface area contributed by atoms with Gasteiger partial charge in [-0.3, -0.25) is 9.11 Å². The molecule has 174 valence electrons. The number of allylic oxidation sites excluding steroid dienone is 1. The monoisotopic (exact) mass is 503 g/mol.